The highest BCUT2D eigenvalue weighted by atomic mass is 16.4. The van der Waals surface area contributed by atoms with E-state index < -0.39 is 30.4 Å². The summed E-state index contributed by atoms with van der Waals surface area (Å²) in [6.07, 6.45) is 0.731. The minimum atomic E-state index is -1.33. The molecular formula is C12H18N4O5. The zero-order valence-electron chi connectivity index (χ0n) is 11.4. The Morgan fingerprint density at radius 1 is 1.38 bits per heavy atom. The number of carbonyl (C=O) groups excluding carboxylic acids is 3. The summed E-state index contributed by atoms with van der Waals surface area (Å²) in [5.74, 6) is -2.01. The Kier molecular flexibility index (Phi) is 4.29. The van der Waals surface area contributed by atoms with Crippen molar-refractivity contribution in [3.05, 3.63) is 0 Å². The first kappa shape index (κ1) is 15.1. The SMILES string of the molecule is NC(=O)C[C@@H](NC(=O)N1CCN2C(=O)CCC2C1)C(=O)O. The first-order valence-electron chi connectivity index (χ1n) is 6.74. The van der Waals surface area contributed by atoms with Crippen LogP contribution in [0, 0.1) is 0 Å². The fourth-order valence-corrected chi connectivity index (χ4v) is 2.69. The van der Waals surface area contributed by atoms with Gasteiger partial charge in [0.1, 0.15) is 6.04 Å². The molecule has 2 heterocycles. The van der Waals surface area contributed by atoms with Crippen molar-refractivity contribution in [2.45, 2.75) is 31.3 Å². The van der Waals surface area contributed by atoms with E-state index in [9.17, 15) is 19.2 Å². The van der Waals surface area contributed by atoms with E-state index in [-0.39, 0.29) is 11.9 Å². The van der Waals surface area contributed by atoms with Crippen LogP contribution in [0.5, 0.6) is 0 Å². The van der Waals surface area contributed by atoms with Gasteiger partial charge in [0.05, 0.1) is 6.42 Å². The van der Waals surface area contributed by atoms with E-state index in [0.717, 1.165) is 0 Å². The highest BCUT2D eigenvalue weighted by Crippen LogP contribution is 2.22. The number of nitrogens with zero attached hydrogens (tertiary/aromatic N) is 2. The summed E-state index contributed by atoms with van der Waals surface area (Å²) in [5, 5.41) is 11.3. The van der Waals surface area contributed by atoms with Crippen LogP contribution in [0.3, 0.4) is 0 Å². The number of rotatable bonds is 4. The Morgan fingerprint density at radius 3 is 2.71 bits per heavy atom. The van der Waals surface area contributed by atoms with E-state index in [1.54, 1.807) is 4.90 Å². The van der Waals surface area contributed by atoms with Crippen molar-refractivity contribution in [3.8, 4) is 0 Å². The van der Waals surface area contributed by atoms with Crippen molar-refractivity contribution in [1.82, 2.24) is 15.1 Å². The monoisotopic (exact) mass is 298 g/mol. The van der Waals surface area contributed by atoms with Gasteiger partial charge in [-0.1, -0.05) is 0 Å². The number of hydrogen-bond acceptors (Lipinski definition) is 4. The van der Waals surface area contributed by atoms with Crippen LogP contribution in [-0.4, -0.2) is 70.4 Å². The lowest BCUT2D eigenvalue weighted by atomic mass is 10.1. The maximum atomic E-state index is 12.1. The number of urea groups is 1. The molecule has 0 aromatic carbocycles. The second-order valence-corrected chi connectivity index (χ2v) is 5.24. The molecule has 116 valence electrons. The maximum Gasteiger partial charge on any atom is 0.326 e. The van der Waals surface area contributed by atoms with Gasteiger partial charge in [-0.2, -0.15) is 0 Å². The molecule has 9 nitrogen and oxygen atoms in total. The molecule has 0 aromatic rings. The van der Waals surface area contributed by atoms with E-state index in [4.69, 9.17) is 10.8 Å². The summed E-state index contributed by atoms with van der Waals surface area (Å²) in [4.78, 5) is 48.6. The number of amides is 4. The van der Waals surface area contributed by atoms with E-state index in [0.29, 0.717) is 32.5 Å². The second-order valence-electron chi connectivity index (χ2n) is 5.24. The summed E-state index contributed by atoms with van der Waals surface area (Å²) in [5.41, 5.74) is 4.96. The average molecular weight is 298 g/mol. The molecular weight excluding hydrogens is 280 g/mol. The topological polar surface area (TPSA) is 133 Å². The predicted octanol–water partition coefficient (Wildman–Crippen LogP) is -1.67. The number of hydrogen-bond donors (Lipinski definition) is 3. The molecule has 2 saturated heterocycles. The number of fused-ring (bicyclic) bond motifs is 1. The van der Waals surface area contributed by atoms with Crippen LogP contribution in [0.1, 0.15) is 19.3 Å². The van der Waals surface area contributed by atoms with E-state index in [2.05, 4.69) is 5.32 Å². The number of piperazine rings is 1. The molecule has 0 radical (unpaired) electrons. The number of carboxylic acids is 1. The normalized spacial score (nSPS) is 22.7. The molecule has 2 fully saturated rings. The van der Waals surface area contributed by atoms with Gasteiger partial charge in [-0.25, -0.2) is 9.59 Å². The van der Waals surface area contributed by atoms with Crippen molar-refractivity contribution >= 4 is 23.8 Å². The largest absolute Gasteiger partial charge is 0.480 e. The smallest absolute Gasteiger partial charge is 0.326 e. The average Bonchev–Trinajstić information content (AvgIpc) is 2.78. The van der Waals surface area contributed by atoms with Crippen LogP contribution in [0.2, 0.25) is 0 Å². The van der Waals surface area contributed by atoms with E-state index in [1.807, 2.05) is 0 Å². The minimum absolute atomic E-state index is 0.00332. The van der Waals surface area contributed by atoms with Gasteiger partial charge in [0.25, 0.3) is 0 Å². The molecule has 2 atom stereocenters. The fourth-order valence-electron chi connectivity index (χ4n) is 2.69. The minimum Gasteiger partial charge on any atom is -0.480 e. The first-order chi connectivity index (χ1) is 9.88. The number of carbonyl (C=O) groups is 4. The zero-order valence-corrected chi connectivity index (χ0v) is 11.4. The third kappa shape index (κ3) is 3.41. The molecule has 2 aliphatic rings. The Morgan fingerprint density at radius 2 is 2.10 bits per heavy atom. The second kappa shape index (κ2) is 5.98. The molecule has 9 heteroatoms. The number of nitrogens with two attached hydrogens (primary N) is 1. The van der Waals surface area contributed by atoms with Gasteiger partial charge in [0, 0.05) is 32.1 Å². The van der Waals surface area contributed by atoms with Crippen molar-refractivity contribution < 1.29 is 24.3 Å². The summed E-state index contributed by atoms with van der Waals surface area (Å²) >= 11 is 0. The molecule has 4 amide bonds. The van der Waals surface area contributed by atoms with Gasteiger partial charge in [0.2, 0.25) is 11.8 Å². The first-order valence-corrected chi connectivity index (χ1v) is 6.74. The Bertz CT molecular complexity index is 480. The standard InChI is InChI=1S/C12H18N4O5/c13-9(17)5-8(11(19)20)14-12(21)15-3-4-16-7(6-15)1-2-10(16)18/h7-8H,1-6H2,(H2,13,17)(H,14,21)(H,19,20)/t7?,8-/m1/s1. The van der Waals surface area contributed by atoms with Gasteiger partial charge in [0.15, 0.2) is 0 Å². The number of aliphatic carboxylic acids is 1. The van der Waals surface area contributed by atoms with Crippen LogP contribution >= 0.6 is 0 Å². The molecule has 0 aromatic heterocycles. The highest BCUT2D eigenvalue weighted by molar-refractivity contribution is 5.87. The molecule has 21 heavy (non-hydrogen) atoms. The molecule has 0 aliphatic carbocycles. The predicted molar refractivity (Wildman–Crippen MR) is 70.1 cm³/mol. The van der Waals surface area contributed by atoms with E-state index >= 15 is 0 Å². The molecule has 2 rings (SSSR count). The molecule has 4 N–H and O–H groups in total. The number of nitrogens with one attached hydrogen (secondary N) is 1. The van der Waals surface area contributed by atoms with Crippen molar-refractivity contribution in [1.29, 1.82) is 0 Å². The number of carboxylic acid groups (broad SMARTS) is 1. The summed E-state index contributed by atoms with van der Waals surface area (Å²) in [6, 6.07) is -1.89. The third-order valence-electron chi connectivity index (χ3n) is 3.78. The van der Waals surface area contributed by atoms with Crippen molar-refractivity contribution in [2.75, 3.05) is 19.6 Å². The third-order valence-corrected chi connectivity index (χ3v) is 3.78. The van der Waals surface area contributed by atoms with Gasteiger partial charge in [-0.15, -0.1) is 0 Å². The lowest BCUT2D eigenvalue weighted by Gasteiger charge is -2.37. The van der Waals surface area contributed by atoms with Gasteiger partial charge in [-0.05, 0) is 6.42 Å². The van der Waals surface area contributed by atoms with Crippen molar-refractivity contribution in [2.24, 2.45) is 5.73 Å². The Balaban J connectivity index is 1.92. The highest BCUT2D eigenvalue weighted by Gasteiger charge is 2.37. The number of primary amides is 1. The Hall–Kier alpha value is -2.32. The van der Waals surface area contributed by atoms with Crippen LogP contribution in [0.25, 0.3) is 0 Å². The summed E-state index contributed by atoms with van der Waals surface area (Å²) in [6.45, 7) is 1.17. The van der Waals surface area contributed by atoms with Gasteiger partial charge in [-0.3, -0.25) is 9.59 Å². The lowest BCUT2D eigenvalue weighted by Crippen LogP contribution is -2.57. The van der Waals surface area contributed by atoms with E-state index in [1.165, 1.54) is 4.90 Å². The molecule has 0 spiro atoms. The van der Waals surface area contributed by atoms with Gasteiger partial charge >= 0.3 is 12.0 Å². The molecule has 0 bridgehead atoms. The maximum absolute atomic E-state index is 12.1. The van der Waals surface area contributed by atoms with Gasteiger partial charge < -0.3 is 26.0 Å². The summed E-state index contributed by atoms with van der Waals surface area (Å²) in [7, 11) is 0. The zero-order chi connectivity index (χ0) is 15.6. The van der Waals surface area contributed by atoms with Crippen LogP contribution < -0.4 is 11.1 Å². The summed E-state index contributed by atoms with van der Waals surface area (Å²) < 4.78 is 0. The molecule has 0 saturated carbocycles. The van der Waals surface area contributed by atoms with Crippen LogP contribution in [0.15, 0.2) is 0 Å². The quantitative estimate of drug-likeness (QED) is 0.571. The van der Waals surface area contributed by atoms with Crippen LogP contribution in [-0.2, 0) is 14.4 Å². The van der Waals surface area contributed by atoms with Crippen molar-refractivity contribution in [3.63, 3.8) is 0 Å². The Labute approximate surface area is 121 Å². The molecule has 2 aliphatic heterocycles. The fraction of sp³-hybridized carbons (Fsp3) is 0.667. The van der Waals surface area contributed by atoms with Crippen LogP contribution in [0.4, 0.5) is 4.79 Å². The molecule has 1 unspecified atom stereocenters. The lowest BCUT2D eigenvalue weighted by molar-refractivity contribution is -0.141.